The van der Waals surface area contributed by atoms with E-state index in [1.807, 2.05) is 47.5 Å². The molecule has 4 rings (SSSR count). The maximum absolute atomic E-state index is 13.5. The van der Waals surface area contributed by atoms with Crippen LogP contribution in [0, 0.1) is 0 Å². The van der Waals surface area contributed by atoms with Crippen LogP contribution in [-0.4, -0.2) is 23.3 Å². The van der Waals surface area contributed by atoms with Gasteiger partial charge in [0, 0.05) is 18.0 Å². The molecule has 1 aromatic heterocycles. The van der Waals surface area contributed by atoms with Crippen molar-refractivity contribution in [3.8, 4) is 0 Å². The van der Waals surface area contributed by atoms with E-state index < -0.39 is 23.6 Å². The minimum Gasteiger partial charge on any atom is -0.362 e. The van der Waals surface area contributed by atoms with Crippen molar-refractivity contribution in [1.82, 2.24) is 4.90 Å². The number of hydrogen-bond acceptors (Lipinski definition) is 4. The second-order valence-corrected chi connectivity index (χ2v) is 8.14. The van der Waals surface area contributed by atoms with Crippen LogP contribution in [0.1, 0.15) is 22.9 Å². The zero-order chi connectivity index (χ0) is 22.9. The van der Waals surface area contributed by atoms with Gasteiger partial charge in [-0.1, -0.05) is 36.4 Å². The lowest BCUT2D eigenvalue weighted by Crippen LogP contribution is -2.35. The summed E-state index contributed by atoms with van der Waals surface area (Å²) in [5.41, 5.74) is 0.756. The normalized spacial score (nSPS) is 14.4. The fourth-order valence-electron chi connectivity index (χ4n) is 3.64. The molecule has 8 heteroatoms. The van der Waals surface area contributed by atoms with Gasteiger partial charge in [-0.2, -0.15) is 13.2 Å². The van der Waals surface area contributed by atoms with E-state index in [1.165, 1.54) is 11.3 Å². The molecule has 0 unspecified atom stereocenters. The number of halogens is 3. The molecule has 0 fully saturated rings. The summed E-state index contributed by atoms with van der Waals surface area (Å²) >= 11 is 1.33. The number of likely N-dealkylation sites (N-methyl/N-ethyl adjacent to an activating group) is 1. The zero-order valence-electron chi connectivity index (χ0n) is 17.1. The summed E-state index contributed by atoms with van der Waals surface area (Å²) in [5, 5.41) is 1.81. The van der Waals surface area contributed by atoms with Gasteiger partial charge in [-0.3, -0.25) is 9.59 Å². The van der Waals surface area contributed by atoms with E-state index in [0.717, 1.165) is 34.7 Å². The van der Waals surface area contributed by atoms with Gasteiger partial charge < -0.3 is 4.90 Å². The molecule has 2 amide bonds. The molecule has 0 spiro atoms. The van der Waals surface area contributed by atoms with Crippen molar-refractivity contribution in [2.24, 2.45) is 0 Å². The van der Waals surface area contributed by atoms with Crippen LogP contribution in [0.3, 0.4) is 0 Å². The lowest BCUT2D eigenvalue weighted by molar-refractivity contribution is -0.137. The van der Waals surface area contributed by atoms with Gasteiger partial charge in [0.1, 0.15) is 5.70 Å². The third kappa shape index (κ3) is 4.05. The van der Waals surface area contributed by atoms with Gasteiger partial charge in [-0.25, -0.2) is 4.90 Å². The number of hydrogen-bond donors (Lipinski definition) is 0. The number of rotatable bonds is 6. The number of carbonyl (C=O) groups is 2. The largest absolute Gasteiger partial charge is 0.416 e. The standard InChI is InChI=1S/C24H19F3N2O2S/c1-2-28(15-16-7-4-3-5-8-16)21-20(19-9-6-14-32-19)22(30)29(23(21)31)18-12-10-17(11-13-18)24(25,26)27/h3-14H,2,15H2,1H3. The highest BCUT2D eigenvalue weighted by molar-refractivity contribution is 7.11. The van der Waals surface area contributed by atoms with Crippen molar-refractivity contribution < 1.29 is 22.8 Å². The molecule has 4 nitrogen and oxygen atoms in total. The Hall–Kier alpha value is -3.39. The zero-order valence-corrected chi connectivity index (χ0v) is 17.9. The number of imide groups is 1. The number of benzene rings is 2. The molecule has 1 aliphatic rings. The number of amides is 2. The first-order valence-corrected chi connectivity index (χ1v) is 10.8. The van der Waals surface area contributed by atoms with Gasteiger partial charge in [0.05, 0.1) is 16.8 Å². The summed E-state index contributed by atoms with van der Waals surface area (Å²) in [6, 6.07) is 17.2. The van der Waals surface area contributed by atoms with E-state index in [1.54, 1.807) is 12.1 Å². The van der Waals surface area contributed by atoms with Crippen molar-refractivity contribution in [3.63, 3.8) is 0 Å². The van der Waals surface area contributed by atoms with Crippen molar-refractivity contribution in [1.29, 1.82) is 0 Å². The number of anilines is 1. The predicted molar refractivity (Wildman–Crippen MR) is 118 cm³/mol. The van der Waals surface area contributed by atoms with Crippen LogP contribution in [0.4, 0.5) is 18.9 Å². The predicted octanol–water partition coefficient (Wildman–Crippen LogP) is 5.57. The van der Waals surface area contributed by atoms with Crippen LogP contribution in [0.15, 0.2) is 77.8 Å². The molecule has 0 bridgehead atoms. The Balaban J connectivity index is 1.75. The van der Waals surface area contributed by atoms with Gasteiger partial charge in [0.15, 0.2) is 0 Å². The van der Waals surface area contributed by atoms with Gasteiger partial charge in [-0.05, 0) is 48.2 Å². The lowest BCUT2D eigenvalue weighted by Gasteiger charge is -2.25. The number of carbonyl (C=O) groups excluding carboxylic acids is 2. The fourth-order valence-corrected chi connectivity index (χ4v) is 4.40. The molecule has 1 aliphatic heterocycles. The molecular weight excluding hydrogens is 437 g/mol. The van der Waals surface area contributed by atoms with E-state index in [0.29, 0.717) is 18.0 Å². The van der Waals surface area contributed by atoms with Crippen LogP contribution in [0.2, 0.25) is 0 Å². The Kier molecular flexibility index (Phi) is 5.88. The average molecular weight is 456 g/mol. The van der Waals surface area contributed by atoms with Crippen molar-refractivity contribution in [2.75, 3.05) is 11.4 Å². The van der Waals surface area contributed by atoms with E-state index in [2.05, 4.69) is 0 Å². The third-order valence-corrected chi connectivity index (χ3v) is 6.08. The van der Waals surface area contributed by atoms with Gasteiger partial charge >= 0.3 is 6.18 Å². The maximum Gasteiger partial charge on any atom is 0.416 e. The van der Waals surface area contributed by atoms with Crippen LogP contribution in [-0.2, 0) is 22.3 Å². The molecule has 164 valence electrons. The number of alkyl halides is 3. The molecule has 32 heavy (non-hydrogen) atoms. The van der Waals surface area contributed by atoms with Crippen LogP contribution < -0.4 is 4.90 Å². The Morgan fingerprint density at radius 2 is 1.59 bits per heavy atom. The minimum atomic E-state index is -4.50. The minimum absolute atomic E-state index is 0.104. The molecule has 2 heterocycles. The van der Waals surface area contributed by atoms with E-state index >= 15 is 0 Å². The van der Waals surface area contributed by atoms with Gasteiger partial charge in [0.25, 0.3) is 11.8 Å². The van der Waals surface area contributed by atoms with Crippen molar-refractivity contribution in [2.45, 2.75) is 19.6 Å². The second kappa shape index (κ2) is 8.63. The Morgan fingerprint density at radius 3 is 2.16 bits per heavy atom. The van der Waals surface area contributed by atoms with Gasteiger partial charge in [0.2, 0.25) is 0 Å². The molecule has 2 aromatic carbocycles. The van der Waals surface area contributed by atoms with Crippen molar-refractivity contribution in [3.05, 3.63) is 93.8 Å². The van der Waals surface area contributed by atoms with Gasteiger partial charge in [-0.15, -0.1) is 11.3 Å². The first-order chi connectivity index (χ1) is 15.3. The Bertz CT molecular complexity index is 1150. The number of thiophene rings is 1. The summed E-state index contributed by atoms with van der Waals surface area (Å²) in [5.74, 6) is -1.09. The Labute approximate surface area is 187 Å². The summed E-state index contributed by atoms with van der Waals surface area (Å²) in [4.78, 5) is 30.3. The molecule has 0 radical (unpaired) electrons. The summed E-state index contributed by atoms with van der Waals surface area (Å²) in [6.07, 6.45) is -4.50. The molecule has 0 aliphatic carbocycles. The highest BCUT2D eigenvalue weighted by atomic mass is 32.1. The van der Waals surface area contributed by atoms with Crippen LogP contribution >= 0.6 is 11.3 Å². The smallest absolute Gasteiger partial charge is 0.362 e. The molecule has 0 saturated carbocycles. The SMILES string of the molecule is CCN(Cc1ccccc1)C1=C(c2cccs2)C(=O)N(c2ccc(C(F)(F)F)cc2)C1=O. The number of nitrogens with zero attached hydrogens (tertiary/aromatic N) is 2. The maximum atomic E-state index is 13.5. The topological polar surface area (TPSA) is 40.6 Å². The fraction of sp³-hybridized carbons (Fsp3) is 0.167. The average Bonchev–Trinajstić information content (AvgIpc) is 3.38. The Morgan fingerprint density at radius 1 is 0.906 bits per heavy atom. The molecule has 0 saturated heterocycles. The highest BCUT2D eigenvalue weighted by Gasteiger charge is 2.43. The third-order valence-electron chi connectivity index (χ3n) is 5.19. The summed E-state index contributed by atoms with van der Waals surface area (Å²) < 4.78 is 38.9. The van der Waals surface area contributed by atoms with E-state index in [9.17, 15) is 22.8 Å². The molecular formula is C24H19F3N2O2S. The second-order valence-electron chi connectivity index (χ2n) is 7.19. The van der Waals surface area contributed by atoms with E-state index in [4.69, 9.17) is 0 Å². The summed E-state index contributed by atoms with van der Waals surface area (Å²) in [7, 11) is 0. The molecule has 3 aromatic rings. The van der Waals surface area contributed by atoms with Crippen molar-refractivity contribution >= 4 is 34.4 Å². The van der Waals surface area contributed by atoms with E-state index in [-0.39, 0.29) is 17.0 Å². The first kappa shape index (κ1) is 21.8. The lowest BCUT2D eigenvalue weighted by atomic mass is 10.1. The molecule has 0 N–H and O–H groups in total. The van der Waals surface area contributed by atoms with Crippen LogP contribution in [0.5, 0.6) is 0 Å². The van der Waals surface area contributed by atoms with Crippen LogP contribution in [0.25, 0.3) is 5.57 Å². The molecule has 0 atom stereocenters. The summed E-state index contributed by atoms with van der Waals surface area (Å²) in [6.45, 7) is 2.78. The monoisotopic (exact) mass is 456 g/mol. The highest BCUT2D eigenvalue weighted by Crippen LogP contribution is 2.38. The first-order valence-electron chi connectivity index (χ1n) is 9.94. The quantitative estimate of drug-likeness (QED) is 0.455.